The molecule has 0 aliphatic carbocycles. The molecular weight excluding hydrogens is 274 g/mol. The van der Waals surface area contributed by atoms with Crippen molar-refractivity contribution in [3.8, 4) is 5.75 Å². The van der Waals surface area contributed by atoms with Gasteiger partial charge in [-0.2, -0.15) is 0 Å². The highest BCUT2D eigenvalue weighted by Crippen LogP contribution is 2.21. The summed E-state index contributed by atoms with van der Waals surface area (Å²) in [6, 6.07) is 13.1. The van der Waals surface area contributed by atoms with Crippen LogP contribution in [0.25, 0.3) is 0 Å². The van der Waals surface area contributed by atoms with Crippen molar-refractivity contribution >= 4 is 11.5 Å². The van der Waals surface area contributed by atoms with Gasteiger partial charge in [0.05, 0.1) is 0 Å². The summed E-state index contributed by atoms with van der Waals surface area (Å²) in [5.41, 5.74) is 9.17. The highest BCUT2D eigenvalue weighted by atomic mass is 16.5. The monoisotopic (exact) mass is 297 g/mol. The van der Waals surface area contributed by atoms with E-state index in [0.29, 0.717) is 17.9 Å². The molecule has 1 unspecified atom stereocenters. The Labute approximate surface area is 132 Å². The second kappa shape index (κ2) is 7.12. The van der Waals surface area contributed by atoms with Crippen LogP contribution in [0.15, 0.2) is 42.5 Å². The number of hydrogen-bond acceptors (Lipinski definition) is 3. The third kappa shape index (κ3) is 3.88. The van der Waals surface area contributed by atoms with Crippen LogP contribution in [0.4, 0.5) is 5.69 Å². The lowest BCUT2D eigenvalue weighted by molar-refractivity contribution is 0.0776. The number of anilines is 1. The van der Waals surface area contributed by atoms with Crippen molar-refractivity contribution in [3.05, 3.63) is 59.2 Å². The first kappa shape index (κ1) is 16.1. The fraction of sp³-hybridized carbons (Fsp3) is 0.316. The average Bonchev–Trinajstić information content (AvgIpc) is 2.50. The van der Waals surface area contributed by atoms with Crippen LogP contribution in [0.2, 0.25) is 0 Å². The van der Waals surface area contributed by atoms with E-state index in [2.05, 4.69) is 6.92 Å². The fourth-order valence-electron chi connectivity index (χ4n) is 2.39. The predicted octanol–water partition coefficient (Wildman–Crippen LogP) is 4.32. The lowest BCUT2D eigenvalue weighted by Gasteiger charge is -2.19. The van der Waals surface area contributed by atoms with Gasteiger partial charge in [-0.15, -0.1) is 0 Å². The minimum Gasteiger partial charge on any atom is -0.482 e. The number of nitrogen functional groups attached to an aromatic ring is 1. The molecule has 0 amide bonds. The molecule has 22 heavy (non-hydrogen) atoms. The van der Waals surface area contributed by atoms with Crippen LogP contribution in [0.5, 0.6) is 5.75 Å². The maximum atomic E-state index is 12.8. The number of nitrogens with two attached hydrogens (primary N) is 1. The normalized spacial score (nSPS) is 12.0. The number of ketones is 1. The van der Waals surface area contributed by atoms with Crippen molar-refractivity contribution in [1.29, 1.82) is 0 Å². The average molecular weight is 297 g/mol. The second-order valence-electron chi connectivity index (χ2n) is 5.65. The summed E-state index contributed by atoms with van der Waals surface area (Å²) in [4.78, 5) is 12.8. The fourth-order valence-corrected chi connectivity index (χ4v) is 2.39. The molecule has 2 N–H and O–H groups in total. The van der Waals surface area contributed by atoms with E-state index in [4.69, 9.17) is 10.5 Å². The Morgan fingerprint density at radius 2 is 1.82 bits per heavy atom. The molecule has 1 atom stereocenters. The summed E-state index contributed by atoms with van der Waals surface area (Å²) < 4.78 is 5.92. The Morgan fingerprint density at radius 1 is 1.14 bits per heavy atom. The summed E-state index contributed by atoms with van der Waals surface area (Å²) in [5.74, 6) is 0.714. The highest BCUT2D eigenvalue weighted by molar-refractivity contribution is 6.01. The quantitative estimate of drug-likeness (QED) is 0.638. The van der Waals surface area contributed by atoms with Crippen molar-refractivity contribution in [2.24, 2.45) is 0 Å². The molecular formula is C19H23NO2. The Bertz CT molecular complexity index is 647. The van der Waals surface area contributed by atoms with E-state index >= 15 is 0 Å². The smallest absolute Gasteiger partial charge is 0.203 e. The van der Waals surface area contributed by atoms with Crippen LogP contribution in [0.1, 0.15) is 41.3 Å². The topological polar surface area (TPSA) is 52.3 Å². The Kier molecular flexibility index (Phi) is 5.21. The molecule has 3 heteroatoms. The van der Waals surface area contributed by atoms with Gasteiger partial charge in [-0.3, -0.25) is 4.79 Å². The van der Waals surface area contributed by atoms with Crippen molar-refractivity contribution in [3.63, 3.8) is 0 Å². The molecule has 2 aromatic rings. The first-order valence-electron chi connectivity index (χ1n) is 7.65. The number of benzene rings is 2. The molecule has 0 fully saturated rings. The van der Waals surface area contributed by atoms with E-state index in [1.54, 1.807) is 24.3 Å². The lowest BCUT2D eigenvalue weighted by Crippen LogP contribution is -2.28. The van der Waals surface area contributed by atoms with Crippen LogP contribution in [-0.2, 0) is 0 Å². The van der Waals surface area contributed by atoms with Crippen LogP contribution in [-0.4, -0.2) is 11.9 Å². The molecule has 0 radical (unpaired) electrons. The molecule has 0 aromatic heterocycles. The lowest BCUT2D eigenvalue weighted by atomic mass is 9.97. The predicted molar refractivity (Wildman–Crippen MR) is 90.4 cm³/mol. The van der Waals surface area contributed by atoms with E-state index < -0.39 is 6.10 Å². The van der Waals surface area contributed by atoms with E-state index in [0.717, 1.165) is 23.1 Å². The standard InChI is InChI=1S/C19H23NO2/c1-4-5-18(22-16-10-8-15(20)9-11-16)19(21)17-12-13(2)6-7-14(17)3/h6-12,18H,4-5,20H2,1-3H3. The van der Waals surface area contributed by atoms with E-state index in [1.807, 2.05) is 32.0 Å². The molecule has 0 aliphatic rings. The Balaban J connectivity index is 2.24. The maximum absolute atomic E-state index is 12.8. The molecule has 2 aromatic carbocycles. The van der Waals surface area contributed by atoms with Gasteiger partial charge in [0, 0.05) is 11.3 Å². The first-order valence-corrected chi connectivity index (χ1v) is 7.65. The van der Waals surface area contributed by atoms with Crippen LogP contribution in [0, 0.1) is 13.8 Å². The third-order valence-corrected chi connectivity index (χ3v) is 3.66. The summed E-state index contributed by atoms with van der Waals surface area (Å²) in [5, 5.41) is 0. The zero-order chi connectivity index (χ0) is 16.1. The number of rotatable bonds is 6. The number of aryl methyl sites for hydroxylation is 2. The van der Waals surface area contributed by atoms with Gasteiger partial charge in [0.25, 0.3) is 0 Å². The largest absolute Gasteiger partial charge is 0.482 e. The molecule has 0 spiro atoms. The SMILES string of the molecule is CCCC(Oc1ccc(N)cc1)C(=O)c1cc(C)ccc1C. The van der Waals surface area contributed by atoms with Crippen LogP contribution in [0.3, 0.4) is 0 Å². The molecule has 0 bridgehead atoms. The number of carbonyl (C=O) groups excluding carboxylic acids is 1. The van der Waals surface area contributed by atoms with Gasteiger partial charge in [-0.25, -0.2) is 0 Å². The molecule has 2 rings (SSSR count). The second-order valence-corrected chi connectivity index (χ2v) is 5.65. The van der Waals surface area contributed by atoms with E-state index in [1.165, 1.54) is 0 Å². The summed E-state index contributed by atoms with van der Waals surface area (Å²) in [6.07, 6.45) is 1.11. The summed E-state index contributed by atoms with van der Waals surface area (Å²) >= 11 is 0. The van der Waals surface area contributed by atoms with Crippen molar-refractivity contribution in [2.75, 3.05) is 5.73 Å². The number of hydrogen-bond donors (Lipinski definition) is 1. The maximum Gasteiger partial charge on any atom is 0.203 e. The zero-order valence-corrected chi connectivity index (χ0v) is 13.4. The molecule has 0 heterocycles. The van der Waals surface area contributed by atoms with E-state index in [-0.39, 0.29) is 5.78 Å². The van der Waals surface area contributed by atoms with Gasteiger partial charge in [0.1, 0.15) is 5.75 Å². The Morgan fingerprint density at radius 3 is 2.45 bits per heavy atom. The molecule has 3 nitrogen and oxygen atoms in total. The van der Waals surface area contributed by atoms with Gasteiger partial charge in [-0.05, 0) is 56.2 Å². The number of carbonyl (C=O) groups is 1. The highest BCUT2D eigenvalue weighted by Gasteiger charge is 2.22. The van der Waals surface area contributed by atoms with E-state index in [9.17, 15) is 4.79 Å². The van der Waals surface area contributed by atoms with Crippen molar-refractivity contribution < 1.29 is 9.53 Å². The van der Waals surface area contributed by atoms with Crippen molar-refractivity contribution in [1.82, 2.24) is 0 Å². The number of Topliss-reactive ketones (excluding diaryl/α,β-unsaturated/α-hetero) is 1. The van der Waals surface area contributed by atoms with Crippen molar-refractivity contribution in [2.45, 2.75) is 39.7 Å². The number of ether oxygens (including phenoxy) is 1. The molecule has 0 saturated heterocycles. The molecule has 0 saturated carbocycles. The van der Waals surface area contributed by atoms with Gasteiger partial charge < -0.3 is 10.5 Å². The summed E-state index contributed by atoms with van der Waals surface area (Å²) in [7, 11) is 0. The third-order valence-electron chi connectivity index (χ3n) is 3.66. The zero-order valence-electron chi connectivity index (χ0n) is 13.4. The molecule has 0 aliphatic heterocycles. The van der Waals surface area contributed by atoms with Gasteiger partial charge in [-0.1, -0.05) is 31.0 Å². The summed E-state index contributed by atoms with van der Waals surface area (Å²) in [6.45, 7) is 6.00. The van der Waals surface area contributed by atoms with Gasteiger partial charge in [0.2, 0.25) is 5.78 Å². The Hall–Kier alpha value is -2.29. The molecule has 116 valence electrons. The van der Waals surface area contributed by atoms with Crippen LogP contribution < -0.4 is 10.5 Å². The minimum absolute atomic E-state index is 0.0416. The first-order chi connectivity index (χ1) is 10.5. The van der Waals surface area contributed by atoms with Crippen LogP contribution >= 0.6 is 0 Å². The van der Waals surface area contributed by atoms with Gasteiger partial charge >= 0.3 is 0 Å². The minimum atomic E-state index is -0.464. The van der Waals surface area contributed by atoms with Gasteiger partial charge in [0.15, 0.2) is 6.10 Å².